The average molecular weight is 356 g/mol. The Morgan fingerprint density at radius 2 is 1.50 bits per heavy atom. The molecule has 8 heteroatoms. The number of anilines is 1. The van der Waals surface area contributed by atoms with E-state index in [9.17, 15) is 0 Å². The summed E-state index contributed by atoms with van der Waals surface area (Å²) < 4.78 is 21.1. The van der Waals surface area contributed by atoms with Crippen LogP contribution in [-0.2, 0) is 9.47 Å². The first-order chi connectivity index (χ1) is 11.6. The van der Waals surface area contributed by atoms with Gasteiger partial charge in [-0.3, -0.25) is 0 Å². The van der Waals surface area contributed by atoms with Gasteiger partial charge in [-0.15, -0.1) is 0 Å². The summed E-state index contributed by atoms with van der Waals surface area (Å²) in [6.07, 6.45) is 0. The molecule has 1 aromatic carbocycles. The number of hydrogen-bond acceptors (Lipinski definition) is 7. The molecule has 0 saturated heterocycles. The van der Waals surface area contributed by atoms with Gasteiger partial charge in [0.1, 0.15) is 5.82 Å². The maximum atomic E-state index is 6.12. The van der Waals surface area contributed by atoms with Crippen molar-refractivity contribution in [3.63, 3.8) is 0 Å². The van der Waals surface area contributed by atoms with Crippen LogP contribution in [0, 0.1) is 0 Å². The number of ether oxygens (including phenoxy) is 4. The highest BCUT2D eigenvalue weighted by atomic mass is 35.5. The molecule has 0 amide bonds. The minimum Gasteiger partial charge on any atom is -0.493 e. The van der Waals surface area contributed by atoms with Gasteiger partial charge in [0.15, 0.2) is 11.5 Å². The number of rotatable bonds is 9. The van der Waals surface area contributed by atoms with Gasteiger partial charge in [0, 0.05) is 38.8 Å². The van der Waals surface area contributed by atoms with Crippen LogP contribution in [0.3, 0.4) is 0 Å². The molecule has 132 valence electrons. The molecule has 1 aromatic heterocycles. The maximum Gasteiger partial charge on any atom is 0.224 e. The van der Waals surface area contributed by atoms with E-state index in [1.54, 1.807) is 34.5 Å². The third kappa shape index (κ3) is 4.17. The molecule has 0 radical (unpaired) electrons. The van der Waals surface area contributed by atoms with Crippen molar-refractivity contribution < 1.29 is 18.9 Å². The molecule has 0 aliphatic carbocycles. The Balaban J connectivity index is 2.56. The van der Waals surface area contributed by atoms with Crippen molar-refractivity contribution in [2.45, 2.75) is 0 Å². The fourth-order valence-corrected chi connectivity index (χ4v) is 2.55. The largest absolute Gasteiger partial charge is 0.493 e. The number of methoxy groups -OCH3 is 4. The van der Waals surface area contributed by atoms with Gasteiger partial charge in [-0.25, -0.2) is 4.98 Å². The Morgan fingerprint density at radius 3 is 2.04 bits per heavy atom. The number of fused-ring (bicyclic) bond motifs is 1. The summed E-state index contributed by atoms with van der Waals surface area (Å²) in [5, 5.41) is 0.994. The van der Waals surface area contributed by atoms with Crippen LogP contribution in [0.4, 0.5) is 5.82 Å². The summed E-state index contributed by atoms with van der Waals surface area (Å²) >= 11 is 6.12. The Hall–Kier alpha value is -1.83. The predicted octanol–water partition coefficient (Wildman–Crippen LogP) is 2.40. The highest BCUT2D eigenvalue weighted by molar-refractivity contribution is 6.28. The molecule has 0 atom stereocenters. The van der Waals surface area contributed by atoms with Gasteiger partial charge < -0.3 is 23.8 Å². The van der Waals surface area contributed by atoms with Gasteiger partial charge in [-0.1, -0.05) is 0 Å². The van der Waals surface area contributed by atoms with Crippen molar-refractivity contribution in [3.05, 3.63) is 17.4 Å². The van der Waals surface area contributed by atoms with E-state index < -0.39 is 0 Å². The van der Waals surface area contributed by atoms with Gasteiger partial charge in [-0.2, -0.15) is 4.98 Å². The van der Waals surface area contributed by atoms with Gasteiger partial charge in [-0.05, 0) is 17.7 Å². The molecular formula is C16H22ClN3O4. The fraction of sp³-hybridized carbons (Fsp3) is 0.500. The van der Waals surface area contributed by atoms with E-state index in [2.05, 4.69) is 14.9 Å². The van der Waals surface area contributed by atoms with Crippen molar-refractivity contribution in [2.24, 2.45) is 0 Å². The standard InChI is InChI=1S/C16H22ClN3O4/c1-21-7-5-20(6-8-22-2)15-11-9-13(23-3)14(24-4)10-12(11)18-16(17)19-15/h9-10H,5-8H2,1-4H3. The molecule has 24 heavy (non-hydrogen) atoms. The summed E-state index contributed by atoms with van der Waals surface area (Å²) in [4.78, 5) is 10.8. The number of benzene rings is 1. The van der Waals surface area contributed by atoms with Crippen molar-refractivity contribution in [1.82, 2.24) is 9.97 Å². The molecular weight excluding hydrogens is 334 g/mol. The number of hydrogen-bond donors (Lipinski definition) is 0. The van der Waals surface area contributed by atoms with E-state index in [1.165, 1.54) is 0 Å². The summed E-state index contributed by atoms with van der Waals surface area (Å²) in [5.74, 6) is 1.90. The van der Waals surface area contributed by atoms with Crippen LogP contribution in [0.2, 0.25) is 5.28 Å². The Morgan fingerprint density at radius 1 is 0.917 bits per heavy atom. The Labute approximate surface area is 146 Å². The molecule has 2 aromatic rings. The zero-order valence-corrected chi connectivity index (χ0v) is 15.1. The van der Waals surface area contributed by atoms with Crippen molar-refractivity contribution in [3.8, 4) is 11.5 Å². The second kappa shape index (κ2) is 8.86. The van der Waals surface area contributed by atoms with Crippen LogP contribution >= 0.6 is 11.6 Å². The third-order valence-corrected chi connectivity index (χ3v) is 3.75. The lowest BCUT2D eigenvalue weighted by Crippen LogP contribution is -2.31. The second-order valence-corrected chi connectivity index (χ2v) is 5.35. The fourth-order valence-electron chi connectivity index (χ4n) is 2.38. The average Bonchev–Trinajstić information content (AvgIpc) is 2.60. The lowest BCUT2D eigenvalue weighted by atomic mass is 10.2. The first-order valence-corrected chi connectivity index (χ1v) is 7.84. The first-order valence-electron chi connectivity index (χ1n) is 7.46. The number of halogens is 1. The van der Waals surface area contributed by atoms with E-state index in [0.717, 1.165) is 5.39 Å². The quantitative estimate of drug-likeness (QED) is 0.640. The Kier molecular flexibility index (Phi) is 6.84. The van der Waals surface area contributed by atoms with Crippen LogP contribution in [0.25, 0.3) is 10.9 Å². The predicted molar refractivity (Wildman–Crippen MR) is 93.6 cm³/mol. The molecule has 0 bridgehead atoms. The molecule has 7 nitrogen and oxygen atoms in total. The van der Waals surface area contributed by atoms with Crippen LogP contribution < -0.4 is 14.4 Å². The van der Waals surface area contributed by atoms with Crippen molar-refractivity contribution >= 4 is 28.3 Å². The summed E-state index contributed by atoms with van der Waals surface area (Å²) in [6, 6.07) is 3.64. The molecule has 1 heterocycles. The zero-order valence-electron chi connectivity index (χ0n) is 14.3. The van der Waals surface area contributed by atoms with Crippen LogP contribution in [0.15, 0.2) is 12.1 Å². The minimum atomic E-state index is 0.171. The van der Waals surface area contributed by atoms with E-state index in [4.69, 9.17) is 30.5 Å². The van der Waals surface area contributed by atoms with Crippen LogP contribution in [-0.4, -0.2) is 64.7 Å². The SMILES string of the molecule is COCCN(CCOC)c1nc(Cl)nc2cc(OC)c(OC)cc12. The topological polar surface area (TPSA) is 65.9 Å². The normalized spacial score (nSPS) is 10.9. The van der Waals surface area contributed by atoms with Gasteiger partial charge in [0.25, 0.3) is 0 Å². The molecule has 0 aliphatic heterocycles. The number of aromatic nitrogens is 2. The lowest BCUT2D eigenvalue weighted by Gasteiger charge is -2.24. The van der Waals surface area contributed by atoms with Crippen LogP contribution in [0.1, 0.15) is 0 Å². The molecule has 0 aliphatic rings. The highest BCUT2D eigenvalue weighted by Gasteiger charge is 2.17. The third-order valence-electron chi connectivity index (χ3n) is 3.58. The second-order valence-electron chi connectivity index (χ2n) is 5.01. The number of nitrogens with zero attached hydrogens (tertiary/aromatic N) is 3. The van der Waals surface area contributed by atoms with E-state index in [1.807, 2.05) is 6.07 Å². The first kappa shape index (κ1) is 18.5. The summed E-state index contributed by atoms with van der Waals surface area (Å²) in [5.41, 5.74) is 0.683. The zero-order chi connectivity index (χ0) is 17.5. The van der Waals surface area contributed by atoms with Gasteiger partial charge in [0.05, 0.1) is 33.0 Å². The summed E-state index contributed by atoms with van der Waals surface area (Å²) in [6.45, 7) is 2.41. The van der Waals surface area contributed by atoms with Crippen molar-refractivity contribution in [2.75, 3.05) is 59.6 Å². The summed E-state index contributed by atoms with van der Waals surface area (Å²) in [7, 11) is 6.49. The molecule has 0 fully saturated rings. The maximum absolute atomic E-state index is 6.12. The monoisotopic (exact) mass is 355 g/mol. The minimum absolute atomic E-state index is 0.171. The van der Waals surface area contributed by atoms with Gasteiger partial charge in [0.2, 0.25) is 5.28 Å². The molecule has 0 N–H and O–H groups in total. The van der Waals surface area contributed by atoms with E-state index in [-0.39, 0.29) is 5.28 Å². The van der Waals surface area contributed by atoms with Gasteiger partial charge >= 0.3 is 0 Å². The molecule has 0 spiro atoms. The van der Waals surface area contributed by atoms with Crippen LogP contribution in [0.5, 0.6) is 11.5 Å². The Bertz CT molecular complexity index is 676. The van der Waals surface area contributed by atoms with E-state index >= 15 is 0 Å². The molecule has 0 saturated carbocycles. The molecule has 0 unspecified atom stereocenters. The molecule has 2 rings (SSSR count). The van der Waals surface area contributed by atoms with E-state index in [0.29, 0.717) is 49.1 Å². The van der Waals surface area contributed by atoms with Crippen molar-refractivity contribution in [1.29, 1.82) is 0 Å². The lowest BCUT2D eigenvalue weighted by molar-refractivity contribution is 0.190. The smallest absolute Gasteiger partial charge is 0.224 e. The highest BCUT2D eigenvalue weighted by Crippen LogP contribution is 2.35.